The predicted octanol–water partition coefficient (Wildman–Crippen LogP) is 2.30. The van der Waals surface area contributed by atoms with Gasteiger partial charge in [-0.2, -0.15) is 0 Å². The molecule has 25 heavy (non-hydrogen) atoms. The fourth-order valence-corrected chi connectivity index (χ4v) is 2.27. The van der Waals surface area contributed by atoms with E-state index in [1.54, 1.807) is 0 Å². The molecule has 0 unspecified atom stereocenters. The highest BCUT2D eigenvalue weighted by Crippen LogP contribution is 2.18. The number of hydrogen-bond acceptors (Lipinski definition) is 5. The van der Waals surface area contributed by atoms with Crippen LogP contribution in [0.15, 0.2) is 46.5 Å². The number of esters is 1. The summed E-state index contributed by atoms with van der Waals surface area (Å²) in [7, 11) is 1.22. The summed E-state index contributed by atoms with van der Waals surface area (Å²) in [6, 6.07) is 7.74. The van der Waals surface area contributed by atoms with Crippen LogP contribution < -0.4 is 5.32 Å². The largest absolute Gasteiger partial charge is 0.463 e. The zero-order valence-corrected chi connectivity index (χ0v) is 13.1. The fraction of sp³-hybridized carbons (Fsp3) is 0.118. The molecule has 3 rings (SSSR count). The first-order valence-electron chi connectivity index (χ1n) is 7.25. The van der Waals surface area contributed by atoms with E-state index in [1.807, 2.05) is 0 Å². The maximum Gasteiger partial charge on any atom is 0.373 e. The first-order chi connectivity index (χ1) is 12.0. The van der Waals surface area contributed by atoms with Gasteiger partial charge in [0.15, 0.2) is 0 Å². The van der Waals surface area contributed by atoms with Crippen LogP contribution in [-0.4, -0.2) is 29.9 Å². The van der Waals surface area contributed by atoms with Crippen molar-refractivity contribution in [3.63, 3.8) is 0 Å². The van der Waals surface area contributed by atoms with Crippen LogP contribution >= 0.6 is 0 Å². The lowest BCUT2D eigenvalue weighted by Gasteiger charge is -2.09. The molecule has 1 N–H and O–H groups in total. The van der Waals surface area contributed by atoms with E-state index in [0.717, 1.165) is 4.90 Å². The third-order valence-corrected chi connectivity index (χ3v) is 3.51. The van der Waals surface area contributed by atoms with Crippen molar-refractivity contribution in [3.05, 3.63) is 65.0 Å². The summed E-state index contributed by atoms with van der Waals surface area (Å²) in [5.74, 6) is -1.37. The number of furan rings is 1. The number of hydrogen-bond donors (Lipinski definition) is 1. The molecular weight excluding hydrogens is 331 g/mol. The van der Waals surface area contributed by atoms with Crippen LogP contribution in [0.25, 0.3) is 6.08 Å². The second kappa shape index (κ2) is 6.60. The standard InChI is InChI=1S/C17H13FN2O5/c1-24-16(22)14-7-6-12(25-14)9-20-15(21)13(19-17(20)23)8-10-2-4-11(18)5-3-10/h2-8H,9H2,1H3,(H,19,23)/b13-8-. The van der Waals surface area contributed by atoms with E-state index >= 15 is 0 Å². The number of halogens is 1. The summed E-state index contributed by atoms with van der Waals surface area (Å²) >= 11 is 0. The van der Waals surface area contributed by atoms with Gasteiger partial charge in [0.25, 0.3) is 5.91 Å². The molecule has 1 aromatic heterocycles. The molecule has 1 aliphatic heterocycles. The van der Waals surface area contributed by atoms with Gasteiger partial charge < -0.3 is 14.5 Å². The number of imide groups is 1. The van der Waals surface area contributed by atoms with Crippen molar-refractivity contribution in [1.29, 1.82) is 0 Å². The fourth-order valence-electron chi connectivity index (χ4n) is 2.27. The van der Waals surface area contributed by atoms with E-state index in [0.29, 0.717) is 5.56 Å². The molecule has 2 aromatic rings. The maximum absolute atomic E-state index is 12.9. The topological polar surface area (TPSA) is 88.9 Å². The molecule has 128 valence electrons. The number of urea groups is 1. The highest BCUT2D eigenvalue weighted by molar-refractivity contribution is 6.13. The number of benzene rings is 1. The Hall–Kier alpha value is -3.42. The van der Waals surface area contributed by atoms with Crippen molar-refractivity contribution < 1.29 is 27.9 Å². The first-order valence-corrected chi connectivity index (χ1v) is 7.25. The smallest absolute Gasteiger partial charge is 0.373 e. The van der Waals surface area contributed by atoms with Crippen molar-refractivity contribution in [2.45, 2.75) is 6.54 Å². The monoisotopic (exact) mass is 344 g/mol. The summed E-state index contributed by atoms with van der Waals surface area (Å²) in [5.41, 5.74) is 0.634. The lowest BCUT2D eigenvalue weighted by atomic mass is 10.2. The molecule has 1 fully saturated rings. The van der Waals surface area contributed by atoms with Gasteiger partial charge in [-0.15, -0.1) is 0 Å². The summed E-state index contributed by atoms with van der Waals surface area (Å²) in [4.78, 5) is 36.7. The molecule has 1 saturated heterocycles. The number of amides is 3. The average molecular weight is 344 g/mol. The second-order valence-corrected chi connectivity index (χ2v) is 5.19. The molecule has 1 aliphatic rings. The third kappa shape index (κ3) is 3.42. The molecule has 7 nitrogen and oxygen atoms in total. The minimum atomic E-state index is -0.652. The highest BCUT2D eigenvalue weighted by atomic mass is 19.1. The van der Waals surface area contributed by atoms with Crippen molar-refractivity contribution in [2.24, 2.45) is 0 Å². The molecule has 1 aromatic carbocycles. The molecule has 0 aliphatic carbocycles. The van der Waals surface area contributed by atoms with Gasteiger partial charge in [0.1, 0.15) is 17.3 Å². The zero-order chi connectivity index (χ0) is 18.0. The van der Waals surface area contributed by atoms with Crippen LogP contribution in [0.2, 0.25) is 0 Å². The van der Waals surface area contributed by atoms with Crippen molar-refractivity contribution in [3.8, 4) is 0 Å². The van der Waals surface area contributed by atoms with Gasteiger partial charge in [-0.05, 0) is 35.9 Å². The number of ether oxygens (including phenoxy) is 1. The van der Waals surface area contributed by atoms with Crippen LogP contribution in [0.3, 0.4) is 0 Å². The van der Waals surface area contributed by atoms with E-state index in [2.05, 4.69) is 10.1 Å². The second-order valence-electron chi connectivity index (χ2n) is 5.19. The predicted molar refractivity (Wildman–Crippen MR) is 83.5 cm³/mol. The minimum absolute atomic E-state index is 0.0216. The van der Waals surface area contributed by atoms with Gasteiger partial charge in [-0.1, -0.05) is 12.1 Å². The molecule has 8 heteroatoms. The molecule has 0 bridgehead atoms. The number of nitrogens with one attached hydrogen (secondary N) is 1. The van der Waals surface area contributed by atoms with Gasteiger partial charge in [-0.25, -0.2) is 14.0 Å². The van der Waals surface area contributed by atoms with Crippen molar-refractivity contribution in [2.75, 3.05) is 7.11 Å². The Balaban J connectivity index is 1.76. The Morgan fingerprint density at radius 1 is 1.24 bits per heavy atom. The normalized spacial score (nSPS) is 15.6. The number of carbonyl (C=O) groups is 3. The Morgan fingerprint density at radius 2 is 1.96 bits per heavy atom. The molecule has 0 spiro atoms. The molecule has 3 amide bonds. The lowest BCUT2D eigenvalue weighted by Crippen LogP contribution is -2.30. The molecule has 0 atom stereocenters. The maximum atomic E-state index is 12.9. The highest BCUT2D eigenvalue weighted by Gasteiger charge is 2.34. The summed E-state index contributed by atoms with van der Waals surface area (Å²) < 4.78 is 22.7. The van der Waals surface area contributed by atoms with Gasteiger partial charge >= 0.3 is 12.0 Å². The molecule has 0 saturated carbocycles. The molecular formula is C17H13FN2O5. The van der Waals surface area contributed by atoms with E-state index < -0.39 is 23.7 Å². The average Bonchev–Trinajstić information content (AvgIpc) is 3.17. The number of nitrogens with zero attached hydrogens (tertiary/aromatic N) is 1. The number of methoxy groups -OCH3 is 1. The summed E-state index contributed by atoms with van der Waals surface area (Å²) in [6.07, 6.45) is 1.45. The molecule has 2 heterocycles. The van der Waals surface area contributed by atoms with Crippen LogP contribution in [0.1, 0.15) is 21.9 Å². The van der Waals surface area contributed by atoms with E-state index in [1.165, 1.54) is 49.6 Å². The van der Waals surface area contributed by atoms with Crippen LogP contribution in [0.5, 0.6) is 0 Å². The quantitative estimate of drug-likeness (QED) is 0.522. The Labute approximate surface area is 141 Å². The summed E-state index contributed by atoms with van der Waals surface area (Å²) in [6.45, 7) is -0.136. The van der Waals surface area contributed by atoms with Gasteiger partial charge in [0.05, 0.1) is 13.7 Å². The Bertz CT molecular complexity index is 869. The lowest BCUT2D eigenvalue weighted by molar-refractivity contribution is -0.123. The SMILES string of the molecule is COC(=O)c1ccc(CN2C(=O)N/C(=C\c3ccc(F)cc3)C2=O)o1. The van der Waals surface area contributed by atoms with Crippen molar-refractivity contribution >= 4 is 24.0 Å². The first kappa shape index (κ1) is 16.4. The number of rotatable bonds is 4. The van der Waals surface area contributed by atoms with Gasteiger partial charge in [-0.3, -0.25) is 9.69 Å². The Kier molecular flexibility index (Phi) is 4.34. The van der Waals surface area contributed by atoms with Crippen LogP contribution in [0, 0.1) is 5.82 Å². The number of carbonyl (C=O) groups excluding carboxylic acids is 3. The third-order valence-electron chi connectivity index (χ3n) is 3.51. The van der Waals surface area contributed by atoms with Crippen LogP contribution in [-0.2, 0) is 16.1 Å². The molecule has 0 radical (unpaired) electrons. The summed E-state index contributed by atoms with van der Waals surface area (Å²) in [5, 5.41) is 2.45. The van der Waals surface area contributed by atoms with Gasteiger partial charge in [0, 0.05) is 0 Å². The zero-order valence-electron chi connectivity index (χ0n) is 13.1. The minimum Gasteiger partial charge on any atom is -0.463 e. The van der Waals surface area contributed by atoms with Crippen molar-refractivity contribution in [1.82, 2.24) is 10.2 Å². The van der Waals surface area contributed by atoms with E-state index in [-0.39, 0.29) is 23.8 Å². The van der Waals surface area contributed by atoms with Gasteiger partial charge in [0.2, 0.25) is 5.76 Å². The van der Waals surface area contributed by atoms with E-state index in [9.17, 15) is 18.8 Å². The van der Waals surface area contributed by atoms with E-state index in [4.69, 9.17) is 4.42 Å². The Morgan fingerprint density at radius 3 is 2.64 bits per heavy atom. The van der Waals surface area contributed by atoms with Crippen LogP contribution in [0.4, 0.5) is 9.18 Å².